The van der Waals surface area contributed by atoms with Gasteiger partial charge in [-0.05, 0) is 56.4 Å². The summed E-state index contributed by atoms with van der Waals surface area (Å²) in [7, 11) is 0. The minimum absolute atomic E-state index is 0.0188. The quantitative estimate of drug-likeness (QED) is 0.521. The predicted molar refractivity (Wildman–Crippen MR) is 130 cm³/mol. The molecule has 4 rings (SSSR count). The lowest BCUT2D eigenvalue weighted by atomic mass is 9.81. The molecule has 0 bridgehead atoms. The van der Waals surface area contributed by atoms with Crippen LogP contribution in [0.25, 0.3) is 0 Å². The van der Waals surface area contributed by atoms with Crippen LogP contribution in [0.5, 0.6) is 0 Å². The summed E-state index contributed by atoms with van der Waals surface area (Å²) in [6, 6.07) is 7.96. The van der Waals surface area contributed by atoms with E-state index in [2.05, 4.69) is 5.32 Å². The Morgan fingerprint density at radius 1 is 1.08 bits per heavy atom. The van der Waals surface area contributed by atoms with Gasteiger partial charge in [-0.3, -0.25) is 14.5 Å². The van der Waals surface area contributed by atoms with Crippen LogP contribution in [0, 0.1) is 5.92 Å². The first-order chi connectivity index (χ1) is 17.4. The maximum Gasteiger partial charge on any atom is 0.413 e. The van der Waals surface area contributed by atoms with Crippen molar-refractivity contribution in [1.82, 2.24) is 15.1 Å². The Hall–Kier alpha value is -3.14. The van der Waals surface area contributed by atoms with Crippen molar-refractivity contribution in [3.8, 4) is 0 Å². The Morgan fingerprint density at radius 3 is 2.47 bits per heavy atom. The lowest BCUT2D eigenvalue weighted by Gasteiger charge is -2.33. The second-order valence-corrected chi connectivity index (χ2v) is 9.89. The molecule has 0 unspecified atom stereocenters. The molecule has 0 aromatic heterocycles. The van der Waals surface area contributed by atoms with Crippen LogP contribution in [-0.2, 0) is 30.5 Å². The summed E-state index contributed by atoms with van der Waals surface area (Å²) in [5.41, 5.74) is 7.11. The fourth-order valence-electron chi connectivity index (χ4n) is 5.24. The summed E-state index contributed by atoms with van der Waals surface area (Å²) < 4.78 is 10.3. The fraction of sp³-hybridized carbons (Fsp3) is 0.615. The fourth-order valence-corrected chi connectivity index (χ4v) is 5.24. The van der Waals surface area contributed by atoms with E-state index in [1.165, 1.54) is 4.90 Å². The van der Waals surface area contributed by atoms with Crippen LogP contribution < -0.4 is 11.1 Å². The van der Waals surface area contributed by atoms with Crippen molar-refractivity contribution >= 4 is 23.9 Å². The second kappa shape index (κ2) is 12.2. The molecule has 10 nitrogen and oxygen atoms in total. The molecule has 196 valence electrons. The molecule has 1 aliphatic carbocycles. The van der Waals surface area contributed by atoms with Crippen LogP contribution >= 0.6 is 0 Å². The Morgan fingerprint density at radius 2 is 1.78 bits per heavy atom. The van der Waals surface area contributed by atoms with E-state index in [-0.39, 0.29) is 50.0 Å². The average molecular weight is 501 g/mol. The van der Waals surface area contributed by atoms with Gasteiger partial charge in [0.2, 0.25) is 11.8 Å². The van der Waals surface area contributed by atoms with Gasteiger partial charge in [-0.2, -0.15) is 0 Å². The molecule has 3 N–H and O–H groups in total. The minimum atomic E-state index is -0.843. The van der Waals surface area contributed by atoms with Crippen LogP contribution in [-0.4, -0.2) is 71.6 Å². The molecule has 2 saturated heterocycles. The molecule has 2 heterocycles. The Kier molecular flexibility index (Phi) is 8.79. The highest BCUT2D eigenvalue weighted by molar-refractivity contribution is 5.85. The van der Waals surface area contributed by atoms with Crippen LogP contribution in [0.2, 0.25) is 0 Å². The van der Waals surface area contributed by atoms with Crippen LogP contribution in [0.15, 0.2) is 30.3 Å². The second-order valence-electron chi connectivity index (χ2n) is 9.89. The standard InChI is InChI=1S/C26H36N4O6/c27-23(24(32)29-14-4-5-15-29)19-8-10-20(11-9-19)28-22(31)13-12-21-25(33)36-17-30(21)26(34)35-16-18-6-2-1-3-7-18/h1-3,6-7,19-21,23H,4-5,8-17,27H2,(H,28,31)/t19?,20?,21-,23+/m1/s1. The molecule has 1 saturated carbocycles. The van der Waals surface area contributed by atoms with Gasteiger partial charge in [0.1, 0.15) is 12.6 Å². The monoisotopic (exact) mass is 500 g/mol. The van der Waals surface area contributed by atoms with Crippen molar-refractivity contribution in [3.05, 3.63) is 35.9 Å². The number of nitrogens with two attached hydrogens (primary N) is 1. The molecule has 0 radical (unpaired) electrons. The highest BCUT2D eigenvalue weighted by Gasteiger charge is 2.39. The summed E-state index contributed by atoms with van der Waals surface area (Å²) in [5.74, 6) is -0.518. The van der Waals surface area contributed by atoms with Crippen molar-refractivity contribution in [3.63, 3.8) is 0 Å². The van der Waals surface area contributed by atoms with Crippen molar-refractivity contribution in [2.24, 2.45) is 11.7 Å². The van der Waals surface area contributed by atoms with Crippen LogP contribution in [0.1, 0.15) is 56.9 Å². The third-order valence-electron chi connectivity index (χ3n) is 7.43. The summed E-state index contributed by atoms with van der Waals surface area (Å²) in [4.78, 5) is 52.9. The number of cyclic esters (lactones) is 1. The Balaban J connectivity index is 1.18. The van der Waals surface area contributed by atoms with E-state index in [0.29, 0.717) is 0 Å². The molecule has 1 aromatic rings. The average Bonchev–Trinajstić information content (AvgIpc) is 3.56. The van der Waals surface area contributed by atoms with Gasteiger partial charge in [0, 0.05) is 25.6 Å². The number of ether oxygens (including phenoxy) is 2. The molecular formula is C26H36N4O6. The number of carbonyl (C=O) groups excluding carboxylic acids is 4. The number of hydrogen-bond acceptors (Lipinski definition) is 7. The van der Waals surface area contributed by atoms with Gasteiger partial charge in [-0.25, -0.2) is 9.59 Å². The number of esters is 1. The molecule has 0 spiro atoms. The normalized spacial score (nSPS) is 24.8. The zero-order valence-electron chi connectivity index (χ0n) is 20.6. The summed E-state index contributed by atoms with van der Waals surface area (Å²) in [6.45, 7) is 1.51. The van der Waals surface area contributed by atoms with Gasteiger partial charge >= 0.3 is 12.1 Å². The van der Waals surface area contributed by atoms with Gasteiger partial charge in [-0.1, -0.05) is 30.3 Å². The molecule has 3 aliphatic rings. The maximum atomic E-state index is 12.6. The molecule has 3 fully saturated rings. The highest BCUT2D eigenvalue weighted by atomic mass is 16.6. The third kappa shape index (κ3) is 6.54. The summed E-state index contributed by atoms with van der Waals surface area (Å²) >= 11 is 0. The van der Waals surface area contributed by atoms with E-state index >= 15 is 0 Å². The highest BCUT2D eigenvalue weighted by Crippen LogP contribution is 2.28. The minimum Gasteiger partial charge on any atom is -0.444 e. The Labute approximate surface area is 211 Å². The van der Waals surface area contributed by atoms with Gasteiger partial charge in [0.25, 0.3) is 0 Å². The maximum absolute atomic E-state index is 12.6. The molecule has 1 aromatic carbocycles. The van der Waals surface area contributed by atoms with E-state index in [0.717, 1.165) is 57.2 Å². The van der Waals surface area contributed by atoms with Crippen molar-refractivity contribution in [2.75, 3.05) is 19.8 Å². The number of nitrogens with one attached hydrogen (secondary N) is 1. The first-order valence-electron chi connectivity index (χ1n) is 12.9. The topological polar surface area (TPSA) is 131 Å². The lowest BCUT2D eigenvalue weighted by molar-refractivity contribution is -0.139. The number of nitrogens with zero attached hydrogens (tertiary/aromatic N) is 2. The Bertz CT molecular complexity index is 928. The van der Waals surface area contributed by atoms with Gasteiger partial charge in [-0.15, -0.1) is 0 Å². The van der Waals surface area contributed by atoms with E-state index < -0.39 is 24.1 Å². The number of benzene rings is 1. The van der Waals surface area contributed by atoms with E-state index in [4.69, 9.17) is 15.2 Å². The number of amides is 3. The number of carbonyl (C=O) groups is 4. The van der Waals surface area contributed by atoms with Gasteiger partial charge in [0.05, 0.1) is 6.04 Å². The summed E-state index contributed by atoms with van der Waals surface area (Å²) in [6.07, 6.45) is 4.81. The number of rotatable bonds is 8. The van der Waals surface area contributed by atoms with E-state index in [1.54, 1.807) is 0 Å². The first-order valence-corrected chi connectivity index (χ1v) is 12.9. The third-order valence-corrected chi connectivity index (χ3v) is 7.43. The molecular weight excluding hydrogens is 464 g/mol. The smallest absolute Gasteiger partial charge is 0.413 e. The zero-order chi connectivity index (χ0) is 25.5. The molecule has 3 amide bonds. The zero-order valence-corrected chi connectivity index (χ0v) is 20.6. The van der Waals surface area contributed by atoms with Crippen molar-refractivity contribution in [2.45, 2.75) is 76.1 Å². The van der Waals surface area contributed by atoms with E-state index in [1.807, 2.05) is 35.2 Å². The first kappa shape index (κ1) is 25.9. The summed E-state index contributed by atoms with van der Waals surface area (Å²) in [5, 5.41) is 3.03. The van der Waals surface area contributed by atoms with E-state index in [9.17, 15) is 19.2 Å². The van der Waals surface area contributed by atoms with Crippen molar-refractivity contribution < 1.29 is 28.7 Å². The van der Waals surface area contributed by atoms with Crippen molar-refractivity contribution in [1.29, 1.82) is 0 Å². The molecule has 2 atom stereocenters. The SMILES string of the molecule is N[C@H](C(=O)N1CCCC1)C1CCC(NC(=O)CC[C@@H]2C(=O)OCN2C(=O)OCc2ccccc2)CC1. The van der Waals surface area contributed by atoms with Gasteiger partial charge in [0.15, 0.2) is 6.73 Å². The largest absolute Gasteiger partial charge is 0.444 e. The lowest BCUT2D eigenvalue weighted by Crippen LogP contribution is -2.49. The number of likely N-dealkylation sites (tertiary alicyclic amines) is 1. The molecule has 36 heavy (non-hydrogen) atoms. The molecule has 10 heteroatoms. The predicted octanol–water partition coefficient (Wildman–Crippen LogP) is 1.91. The number of hydrogen-bond donors (Lipinski definition) is 2. The van der Waals surface area contributed by atoms with Crippen LogP contribution in [0.4, 0.5) is 4.79 Å². The van der Waals surface area contributed by atoms with Gasteiger partial charge < -0.3 is 25.4 Å². The molecule has 2 aliphatic heterocycles. The van der Waals surface area contributed by atoms with Crippen LogP contribution in [0.3, 0.4) is 0 Å².